The van der Waals surface area contributed by atoms with Crippen LogP contribution in [0.4, 0.5) is 0 Å². The molecule has 1 aliphatic heterocycles. The van der Waals surface area contributed by atoms with Gasteiger partial charge in [-0.2, -0.15) is 0 Å². The lowest BCUT2D eigenvalue weighted by Crippen LogP contribution is -2.57. The Hall–Kier alpha value is -0.650. The molecule has 3 atom stereocenters. The predicted octanol–water partition coefficient (Wildman–Crippen LogP) is 0.237. The Morgan fingerprint density at radius 2 is 2.06 bits per heavy atom. The van der Waals surface area contributed by atoms with E-state index in [1.165, 1.54) is 0 Å². The highest BCUT2D eigenvalue weighted by Crippen LogP contribution is 2.15. The van der Waals surface area contributed by atoms with Crippen LogP contribution in [0.5, 0.6) is 0 Å². The average Bonchev–Trinajstić information content (AvgIpc) is 2.27. The Balaban J connectivity index is 2.57. The van der Waals surface area contributed by atoms with Crippen LogP contribution < -0.4 is 0 Å². The van der Waals surface area contributed by atoms with Gasteiger partial charge in [-0.1, -0.05) is 6.92 Å². The number of β-amino-alcohol motifs (C(OH)–C–C–N with tert-alkyl or cyclic N) is 1. The summed E-state index contributed by atoms with van der Waals surface area (Å²) >= 11 is 0. The van der Waals surface area contributed by atoms with Gasteiger partial charge in [0.25, 0.3) is 0 Å². The number of piperazine rings is 1. The topological polar surface area (TPSA) is 64.0 Å². The molecule has 1 rings (SSSR count). The zero-order chi connectivity index (χ0) is 13.0. The lowest BCUT2D eigenvalue weighted by Gasteiger charge is -2.43. The van der Waals surface area contributed by atoms with Crippen molar-refractivity contribution in [2.75, 3.05) is 26.2 Å². The minimum atomic E-state index is -0.760. The summed E-state index contributed by atoms with van der Waals surface area (Å²) in [7, 11) is 0. The van der Waals surface area contributed by atoms with Crippen molar-refractivity contribution in [1.29, 1.82) is 0 Å². The summed E-state index contributed by atoms with van der Waals surface area (Å²) < 4.78 is 0. The van der Waals surface area contributed by atoms with Crippen LogP contribution in [-0.4, -0.2) is 70.3 Å². The molecule has 0 saturated carbocycles. The molecule has 1 heterocycles. The summed E-state index contributed by atoms with van der Waals surface area (Å²) in [6.07, 6.45) is 0.655. The van der Waals surface area contributed by atoms with E-state index in [-0.39, 0.29) is 6.10 Å². The highest BCUT2D eigenvalue weighted by Gasteiger charge is 2.30. The van der Waals surface area contributed by atoms with Gasteiger partial charge in [0, 0.05) is 32.2 Å². The van der Waals surface area contributed by atoms with Crippen molar-refractivity contribution in [2.24, 2.45) is 0 Å². The van der Waals surface area contributed by atoms with Crippen molar-refractivity contribution in [1.82, 2.24) is 9.80 Å². The minimum absolute atomic E-state index is 0.326. The number of nitrogens with zero attached hydrogens (tertiary/aromatic N) is 2. The number of carboxylic acids is 1. The Bertz CT molecular complexity index is 258. The molecule has 3 unspecified atom stereocenters. The van der Waals surface area contributed by atoms with Crippen LogP contribution in [0.3, 0.4) is 0 Å². The fourth-order valence-electron chi connectivity index (χ4n) is 2.39. The second-order valence-corrected chi connectivity index (χ2v) is 4.92. The van der Waals surface area contributed by atoms with E-state index in [0.717, 1.165) is 26.1 Å². The zero-order valence-electron chi connectivity index (χ0n) is 11.0. The number of carbonyl (C=O) groups is 1. The third kappa shape index (κ3) is 3.94. The molecule has 5 nitrogen and oxygen atoms in total. The van der Waals surface area contributed by atoms with E-state index in [1.54, 1.807) is 13.8 Å². The zero-order valence-corrected chi connectivity index (χ0v) is 11.0. The number of rotatable bonds is 5. The molecule has 100 valence electrons. The van der Waals surface area contributed by atoms with Gasteiger partial charge in [-0.3, -0.25) is 14.6 Å². The fourth-order valence-corrected chi connectivity index (χ4v) is 2.39. The smallest absolute Gasteiger partial charge is 0.320 e. The molecule has 5 heteroatoms. The van der Waals surface area contributed by atoms with Crippen molar-refractivity contribution in [2.45, 2.75) is 45.4 Å². The van der Waals surface area contributed by atoms with Crippen LogP contribution >= 0.6 is 0 Å². The minimum Gasteiger partial charge on any atom is -0.480 e. The van der Waals surface area contributed by atoms with Crippen LogP contribution in [0.1, 0.15) is 27.2 Å². The summed E-state index contributed by atoms with van der Waals surface area (Å²) in [5, 5.41) is 18.4. The second-order valence-electron chi connectivity index (χ2n) is 4.92. The van der Waals surface area contributed by atoms with Crippen molar-refractivity contribution in [3.05, 3.63) is 0 Å². The van der Waals surface area contributed by atoms with Crippen molar-refractivity contribution >= 4 is 5.97 Å². The van der Waals surface area contributed by atoms with Crippen molar-refractivity contribution in [3.8, 4) is 0 Å². The van der Waals surface area contributed by atoms with Gasteiger partial charge in [-0.05, 0) is 20.3 Å². The Kier molecular flexibility index (Phi) is 5.36. The molecule has 0 radical (unpaired) electrons. The van der Waals surface area contributed by atoms with Crippen LogP contribution in [0.25, 0.3) is 0 Å². The maximum atomic E-state index is 11.0. The molecule has 1 aliphatic rings. The number of aliphatic carboxylic acids is 1. The molecule has 0 aromatic carbocycles. The monoisotopic (exact) mass is 244 g/mol. The maximum absolute atomic E-state index is 11.0. The molecule has 0 aromatic heterocycles. The molecule has 2 N–H and O–H groups in total. The van der Waals surface area contributed by atoms with E-state index in [9.17, 15) is 9.90 Å². The van der Waals surface area contributed by atoms with E-state index in [2.05, 4.69) is 11.8 Å². The number of aliphatic hydroxyl groups excluding tert-OH is 1. The molecular formula is C12H24N2O3. The quantitative estimate of drug-likeness (QED) is 0.725. The van der Waals surface area contributed by atoms with Crippen molar-refractivity contribution in [3.63, 3.8) is 0 Å². The number of hydrogen-bond donors (Lipinski definition) is 2. The SMILES string of the molecule is CCC1CN(C(C)C(=O)O)CCN1CC(C)O. The Morgan fingerprint density at radius 1 is 1.41 bits per heavy atom. The third-order valence-corrected chi connectivity index (χ3v) is 3.51. The van der Waals surface area contributed by atoms with E-state index in [4.69, 9.17) is 5.11 Å². The first-order valence-corrected chi connectivity index (χ1v) is 6.34. The fraction of sp³-hybridized carbons (Fsp3) is 0.917. The maximum Gasteiger partial charge on any atom is 0.320 e. The molecule has 0 spiro atoms. The first-order chi connectivity index (χ1) is 7.95. The first kappa shape index (κ1) is 14.4. The van der Waals surface area contributed by atoms with Gasteiger partial charge in [0.05, 0.1) is 6.10 Å². The van der Waals surface area contributed by atoms with Gasteiger partial charge in [0.2, 0.25) is 0 Å². The average molecular weight is 244 g/mol. The lowest BCUT2D eigenvalue weighted by atomic mass is 10.1. The van der Waals surface area contributed by atoms with Gasteiger partial charge < -0.3 is 10.2 Å². The lowest BCUT2D eigenvalue weighted by molar-refractivity contribution is -0.144. The summed E-state index contributed by atoms with van der Waals surface area (Å²) in [6, 6.07) is -0.0714. The molecule has 0 amide bonds. The molecule has 1 fully saturated rings. The van der Waals surface area contributed by atoms with Gasteiger partial charge in [0.15, 0.2) is 0 Å². The standard InChI is InChI=1S/C12H24N2O3/c1-4-11-8-13(10(3)12(16)17)5-6-14(11)7-9(2)15/h9-11,15H,4-8H2,1-3H3,(H,16,17). The molecule has 0 aromatic rings. The van der Waals surface area contributed by atoms with E-state index < -0.39 is 12.0 Å². The molecule has 0 bridgehead atoms. The summed E-state index contributed by atoms with van der Waals surface area (Å²) in [5.41, 5.74) is 0. The number of aliphatic hydroxyl groups is 1. The van der Waals surface area contributed by atoms with E-state index in [1.807, 2.05) is 4.90 Å². The molecular weight excluding hydrogens is 220 g/mol. The van der Waals surface area contributed by atoms with E-state index >= 15 is 0 Å². The number of carboxylic acid groups (broad SMARTS) is 1. The van der Waals surface area contributed by atoms with Gasteiger partial charge in [-0.15, -0.1) is 0 Å². The molecule has 1 saturated heterocycles. The Morgan fingerprint density at radius 3 is 2.53 bits per heavy atom. The summed E-state index contributed by atoms with van der Waals surface area (Å²) in [5.74, 6) is -0.760. The largest absolute Gasteiger partial charge is 0.480 e. The summed E-state index contributed by atoms with van der Waals surface area (Å²) in [4.78, 5) is 15.2. The van der Waals surface area contributed by atoms with Crippen LogP contribution in [0, 0.1) is 0 Å². The normalized spacial score (nSPS) is 26.7. The third-order valence-electron chi connectivity index (χ3n) is 3.51. The van der Waals surface area contributed by atoms with Gasteiger partial charge in [0.1, 0.15) is 6.04 Å². The molecule has 0 aliphatic carbocycles. The van der Waals surface area contributed by atoms with Crippen LogP contribution in [-0.2, 0) is 4.79 Å². The number of hydrogen-bond acceptors (Lipinski definition) is 4. The molecule has 17 heavy (non-hydrogen) atoms. The van der Waals surface area contributed by atoms with Crippen LogP contribution in [0.2, 0.25) is 0 Å². The second kappa shape index (κ2) is 6.33. The summed E-state index contributed by atoms with van der Waals surface area (Å²) in [6.45, 7) is 8.68. The Labute approximate surface area is 103 Å². The highest BCUT2D eigenvalue weighted by atomic mass is 16.4. The van der Waals surface area contributed by atoms with Crippen LogP contribution in [0.15, 0.2) is 0 Å². The van der Waals surface area contributed by atoms with E-state index in [0.29, 0.717) is 12.6 Å². The highest BCUT2D eigenvalue weighted by molar-refractivity contribution is 5.72. The van der Waals surface area contributed by atoms with Crippen molar-refractivity contribution < 1.29 is 15.0 Å². The van der Waals surface area contributed by atoms with Gasteiger partial charge in [-0.25, -0.2) is 0 Å². The van der Waals surface area contributed by atoms with Gasteiger partial charge >= 0.3 is 5.97 Å². The first-order valence-electron chi connectivity index (χ1n) is 6.34. The predicted molar refractivity (Wildman–Crippen MR) is 66.0 cm³/mol.